The van der Waals surface area contributed by atoms with Gasteiger partial charge in [0.2, 0.25) is 17.7 Å². The lowest BCUT2D eigenvalue weighted by molar-refractivity contribution is -0.130. The molecule has 0 radical (unpaired) electrons. The molecular weight excluding hydrogens is 382 g/mol. The lowest BCUT2D eigenvalue weighted by Crippen LogP contribution is -2.53. The van der Waals surface area contributed by atoms with Crippen LogP contribution in [0.5, 0.6) is 0 Å². The maximum Gasteiger partial charge on any atom is 0.243 e. The number of hydrogen-bond acceptors (Lipinski definition) is 4. The number of carbonyl (C=O) groups is 3. The summed E-state index contributed by atoms with van der Waals surface area (Å²) in [5.74, 6) is -1.61. The SMILES string of the molecule is NC(=O)CNC(=O)[C@H](Cc1c[nH]c2ccccc12)NC(=O)[C@@H](N)Cc1ccccc1. The van der Waals surface area contributed by atoms with Crippen molar-refractivity contribution in [3.8, 4) is 0 Å². The van der Waals surface area contributed by atoms with E-state index in [0.717, 1.165) is 22.0 Å². The minimum atomic E-state index is -0.905. The lowest BCUT2D eigenvalue weighted by atomic mass is 10.0. The van der Waals surface area contributed by atoms with Crippen LogP contribution in [0.3, 0.4) is 0 Å². The van der Waals surface area contributed by atoms with E-state index in [1.807, 2.05) is 54.6 Å². The number of fused-ring (bicyclic) bond motifs is 1. The van der Waals surface area contributed by atoms with Crippen molar-refractivity contribution >= 4 is 28.6 Å². The van der Waals surface area contributed by atoms with Crippen LogP contribution in [0.25, 0.3) is 10.9 Å². The van der Waals surface area contributed by atoms with Gasteiger partial charge in [0.1, 0.15) is 6.04 Å². The third-order valence-electron chi connectivity index (χ3n) is 4.80. The fraction of sp³-hybridized carbons (Fsp3) is 0.227. The van der Waals surface area contributed by atoms with Crippen molar-refractivity contribution in [2.45, 2.75) is 24.9 Å². The number of aromatic amines is 1. The van der Waals surface area contributed by atoms with Gasteiger partial charge in [-0.05, 0) is 23.6 Å². The second-order valence-electron chi connectivity index (χ2n) is 7.11. The van der Waals surface area contributed by atoms with E-state index in [2.05, 4.69) is 15.6 Å². The summed E-state index contributed by atoms with van der Waals surface area (Å²) in [6.07, 6.45) is 2.38. The highest BCUT2D eigenvalue weighted by Crippen LogP contribution is 2.19. The van der Waals surface area contributed by atoms with Crippen LogP contribution in [0.1, 0.15) is 11.1 Å². The predicted molar refractivity (Wildman–Crippen MR) is 114 cm³/mol. The maximum absolute atomic E-state index is 12.7. The molecule has 0 saturated heterocycles. The molecule has 0 aliphatic heterocycles. The van der Waals surface area contributed by atoms with Crippen molar-refractivity contribution in [3.05, 3.63) is 71.9 Å². The number of aromatic nitrogens is 1. The molecule has 0 fully saturated rings. The molecule has 3 amide bonds. The van der Waals surface area contributed by atoms with Gasteiger partial charge in [0.15, 0.2) is 0 Å². The molecular formula is C22H25N5O3. The fourth-order valence-electron chi connectivity index (χ4n) is 3.27. The van der Waals surface area contributed by atoms with Gasteiger partial charge in [-0.2, -0.15) is 0 Å². The van der Waals surface area contributed by atoms with Crippen LogP contribution in [0.15, 0.2) is 60.8 Å². The number of para-hydroxylation sites is 1. The summed E-state index contributed by atoms with van der Waals surface area (Å²) in [5, 5.41) is 6.13. The van der Waals surface area contributed by atoms with Crippen molar-refractivity contribution in [2.75, 3.05) is 6.54 Å². The third kappa shape index (κ3) is 5.45. The van der Waals surface area contributed by atoms with E-state index in [9.17, 15) is 14.4 Å². The van der Waals surface area contributed by atoms with Crippen LogP contribution < -0.4 is 22.1 Å². The number of rotatable bonds is 9. The highest BCUT2D eigenvalue weighted by Gasteiger charge is 2.25. The summed E-state index contributed by atoms with van der Waals surface area (Å²) in [6, 6.07) is 15.3. The molecule has 0 saturated carbocycles. The molecule has 2 aromatic carbocycles. The third-order valence-corrected chi connectivity index (χ3v) is 4.80. The highest BCUT2D eigenvalue weighted by molar-refractivity contribution is 5.92. The predicted octanol–water partition coefficient (Wildman–Crippen LogP) is 0.367. The van der Waals surface area contributed by atoms with Gasteiger partial charge in [-0.3, -0.25) is 14.4 Å². The Kier molecular flexibility index (Phi) is 6.82. The number of benzene rings is 2. The number of hydrogen-bond donors (Lipinski definition) is 5. The molecule has 8 heteroatoms. The van der Waals surface area contributed by atoms with E-state index in [1.165, 1.54) is 0 Å². The zero-order valence-electron chi connectivity index (χ0n) is 16.4. The Morgan fingerprint density at radius 2 is 1.63 bits per heavy atom. The molecule has 30 heavy (non-hydrogen) atoms. The van der Waals surface area contributed by atoms with E-state index in [0.29, 0.717) is 6.42 Å². The molecule has 3 rings (SSSR count). The molecule has 0 bridgehead atoms. The van der Waals surface area contributed by atoms with Crippen LogP contribution in [-0.2, 0) is 27.2 Å². The zero-order valence-corrected chi connectivity index (χ0v) is 16.4. The smallest absolute Gasteiger partial charge is 0.243 e. The second kappa shape index (κ2) is 9.71. The summed E-state index contributed by atoms with van der Waals surface area (Å²) in [4.78, 5) is 39.5. The number of nitrogens with one attached hydrogen (secondary N) is 3. The molecule has 156 valence electrons. The molecule has 3 aromatic rings. The van der Waals surface area contributed by atoms with Crippen LogP contribution in [0, 0.1) is 0 Å². The molecule has 8 nitrogen and oxygen atoms in total. The molecule has 1 heterocycles. The average molecular weight is 407 g/mol. The van der Waals surface area contributed by atoms with E-state index >= 15 is 0 Å². The van der Waals surface area contributed by atoms with Gasteiger partial charge in [-0.15, -0.1) is 0 Å². The van der Waals surface area contributed by atoms with Gasteiger partial charge in [0, 0.05) is 23.5 Å². The molecule has 0 aliphatic rings. The zero-order chi connectivity index (χ0) is 21.5. The Morgan fingerprint density at radius 3 is 2.37 bits per heavy atom. The van der Waals surface area contributed by atoms with E-state index in [-0.39, 0.29) is 13.0 Å². The fourth-order valence-corrected chi connectivity index (χ4v) is 3.27. The molecule has 0 unspecified atom stereocenters. The number of H-pyrrole nitrogens is 1. The average Bonchev–Trinajstić information content (AvgIpc) is 3.15. The quantitative estimate of drug-likeness (QED) is 0.349. The van der Waals surface area contributed by atoms with Crippen molar-refractivity contribution in [1.82, 2.24) is 15.6 Å². The first-order valence-electron chi connectivity index (χ1n) is 9.65. The Bertz CT molecular complexity index is 1030. The van der Waals surface area contributed by atoms with Gasteiger partial charge in [-0.25, -0.2) is 0 Å². The molecule has 0 spiro atoms. The molecule has 0 aliphatic carbocycles. The Morgan fingerprint density at radius 1 is 0.933 bits per heavy atom. The number of nitrogens with two attached hydrogens (primary N) is 2. The summed E-state index contributed by atoms with van der Waals surface area (Å²) < 4.78 is 0. The second-order valence-corrected chi connectivity index (χ2v) is 7.11. The van der Waals surface area contributed by atoms with Crippen molar-refractivity contribution in [2.24, 2.45) is 11.5 Å². The number of primary amides is 1. The van der Waals surface area contributed by atoms with Crippen LogP contribution in [0.4, 0.5) is 0 Å². The van der Waals surface area contributed by atoms with Gasteiger partial charge in [0.05, 0.1) is 12.6 Å². The number of carbonyl (C=O) groups excluding carboxylic acids is 3. The van der Waals surface area contributed by atoms with Gasteiger partial charge in [0.25, 0.3) is 0 Å². The van der Waals surface area contributed by atoms with E-state index < -0.39 is 29.8 Å². The van der Waals surface area contributed by atoms with Crippen LogP contribution in [0.2, 0.25) is 0 Å². The lowest BCUT2D eigenvalue weighted by Gasteiger charge is -2.20. The first-order valence-corrected chi connectivity index (χ1v) is 9.65. The molecule has 7 N–H and O–H groups in total. The summed E-state index contributed by atoms with van der Waals surface area (Å²) >= 11 is 0. The molecule has 1 aromatic heterocycles. The van der Waals surface area contributed by atoms with Crippen molar-refractivity contribution in [1.29, 1.82) is 0 Å². The van der Waals surface area contributed by atoms with E-state index in [1.54, 1.807) is 6.20 Å². The number of amides is 3. The van der Waals surface area contributed by atoms with Gasteiger partial charge in [-0.1, -0.05) is 48.5 Å². The topological polar surface area (TPSA) is 143 Å². The standard InChI is InChI=1S/C22H25N5O3/c23-17(10-14-6-2-1-3-7-14)21(29)27-19(22(30)26-13-20(24)28)11-15-12-25-18-9-5-4-8-16(15)18/h1-9,12,17,19,25H,10-11,13,23H2,(H2,24,28)(H,26,30)(H,27,29)/t17-,19-/m0/s1. The normalized spacial score (nSPS) is 12.8. The first-order chi connectivity index (χ1) is 14.4. The van der Waals surface area contributed by atoms with Crippen molar-refractivity contribution in [3.63, 3.8) is 0 Å². The first kappa shape index (κ1) is 21.1. The Labute approximate surface area is 174 Å². The minimum absolute atomic E-state index is 0.235. The Balaban J connectivity index is 1.74. The highest BCUT2D eigenvalue weighted by atomic mass is 16.2. The summed E-state index contributed by atoms with van der Waals surface area (Å²) in [7, 11) is 0. The summed E-state index contributed by atoms with van der Waals surface area (Å²) in [6.45, 7) is -0.310. The van der Waals surface area contributed by atoms with Gasteiger partial charge < -0.3 is 27.1 Å². The van der Waals surface area contributed by atoms with E-state index in [4.69, 9.17) is 11.5 Å². The summed E-state index contributed by atoms with van der Waals surface area (Å²) in [5.41, 5.74) is 13.9. The molecule has 2 atom stereocenters. The van der Waals surface area contributed by atoms with Crippen LogP contribution >= 0.6 is 0 Å². The minimum Gasteiger partial charge on any atom is -0.368 e. The van der Waals surface area contributed by atoms with Gasteiger partial charge >= 0.3 is 0 Å². The van der Waals surface area contributed by atoms with Crippen molar-refractivity contribution < 1.29 is 14.4 Å². The van der Waals surface area contributed by atoms with Crippen LogP contribution in [-0.4, -0.2) is 41.3 Å². The maximum atomic E-state index is 12.7. The monoisotopic (exact) mass is 407 g/mol. The largest absolute Gasteiger partial charge is 0.368 e. The Hall–Kier alpha value is -3.65.